The number of nitrogens with zero attached hydrogens (tertiary/aromatic N) is 2. The third-order valence-electron chi connectivity index (χ3n) is 4.49. The number of rotatable bonds is 3. The minimum Gasteiger partial charge on any atom is -0.295 e. The van der Waals surface area contributed by atoms with Gasteiger partial charge in [0.1, 0.15) is 10.9 Å². The van der Waals surface area contributed by atoms with Gasteiger partial charge in [-0.1, -0.05) is 24.3 Å². The molecule has 0 radical (unpaired) electrons. The van der Waals surface area contributed by atoms with Crippen LogP contribution in [0.2, 0.25) is 0 Å². The van der Waals surface area contributed by atoms with Crippen LogP contribution in [0, 0.1) is 11.3 Å². The van der Waals surface area contributed by atoms with Crippen molar-refractivity contribution in [3.63, 3.8) is 0 Å². The Labute approximate surface area is 168 Å². The standard InChI is InChI=1S/C19H16N2O4S3/c20-13-15-7-8-18(26-15)14-6-9-19-17(12-14)21(10-11-27(19,22)23)28(24,25)16-4-2-1-3-5-16/h1-9,12,22-23H,10-11H2. The number of benzene rings is 2. The molecule has 0 spiro atoms. The lowest BCUT2D eigenvalue weighted by molar-refractivity contribution is 0.484. The average molecular weight is 433 g/mol. The topological polar surface area (TPSA) is 102 Å². The zero-order valence-electron chi connectivity index (χ0n) is 14.5. The highest BCUT2D eigenvalue weighted by molar-refractivity contribution is 8.24. The van der Waals surface area contributed by atoms with Gasteiger partial charge in [0.05, 0.1) is 27.8 Å². The molecule has 0 aliphatic carbocycles. The second kappa shape index (κ2) is 6.92. The zero-order chi connectivity index (χ0) is 19.9. The molecule has 2 heterocycles. The Morgan fingerprint density at radius 1 is 1.07 bits per heavy atom. The van der Waals surface area contributed by atoms with Crippen molar-refractivity contribution in [1.29, 1.82) is 5.26 Å². The second-order valence-electron chi connectivity index (χ2n) is 6.22. The number of sulfonamides is 1. The number of nitriles is 1. The Bertz CT molecular complexity index is 1180. The van der Waals surface area contributed by atoms with Crippen molar-refractivity contribution in [1.82, 2.24) is 0 Å². The van der Waals surface area contributed by atoms with E-state index in [0.29, 0.717) is 4.88 Å². The predicted octanol–water partition coefficient (Wildman–Crippen LogP) is 4.61. The molecule has 0 unspecified atom stereocenters. The molecule has 1 aromatic heterocycles. The summed E-state index contributed by atoms with van der Waals surface area (Å²) in [6, 6.07) is 18.6. The summed E-state index contributed by atoms with van der Waals surface area (Å²) in [7, 11) is -6.92. The van der Waals surface area contributed by atoms with Crippen LogP contribution in [0.25, 0.3) is 10.4 Å². The fraction of sp³-hybridized carbons (Fsp3) is 0.105. The number of fused-ring (bicyclic) bond motifs is 1. The van der Waals surface area contributed by atoms with E-state index in [-0.39, 0.29) is 27.8 Å². The van der Waals surface area contributed by atoms with E-state index in [2.05, 4.69) is 6.07 Å². The van der Waals surface area contributed by atoms with Gasteiger partial charge >= 0.3 is 0 Å². The third-order valence-corrected chi connectivity index (χ3v) is 9.16. The van der Waals surface area contributed by atoms with Crippen molar-refractivity contribution in [2.45, 2.75) is 9.79 Å². The average Bonchev–Trinajstić information content (AvgIpc) is 3.17. The summed E-state index contributed by atoms with van der Waals surface area (Å²) < 4.78 is 48.5. The summed E-state index contributed by atoms with van der Waals surface area (Å²) in [4.78, 5) is 1.72. The van der Waals surface area contributed by atoms with Gasteiger partial charge in [0.2, 0.25) is 0 Å². The molecule has 4 rings (SSSR count). The van der Waals surface area contributed by atoms with Gasteiger partial charge in [-0.3, -0.25) is 13.4 Å². The first-order valence-corrected chi connectivity index (χ1v) is 12.3. The molecule has 144 valence electrons. The van der Waals surface area contributed by atoms with Crippen molar-refractivity contribution in [3.05, 3.63) is 65.5 Å². The van der Waals surface area contributed by atoms with Crippen LogP contribution in [0.1, 0.15) is 4.88 Å². The first kappa shape index (κ1) is 19.0. The molecular formula is C19H16N2O4S3. The fourth-order valence-corrected chi connectivity index (χ4v) is 7.02. The molecule has 2 N–H and O–H groups in total. The summed E-state index contributed by atoms with van der Waals surface area (Å²) in [5.74, 6) is -0.0526. The van der Waals surface area contributed by atoms with Crippen molar-refractivity contribution in [2.75, 3.05) is 16.6 Å². The Hall–Kier alpha value is -2.35. The maximum atomic E-state index is 13.2. The van der Waals surface area contributed by atoms with Gasteiger partial charge in [-0.2, -0.15) is 15.9 Å². The number of hydrogen-bond acceptors (Lipinski definition) is 6. The highest BCUT2D eigenvalue weighted by Gasteiger charge is 2.36. The highest BCUT2D eigenvalue weighted by Crippen LogP contribution is 2.56. The largest absolute Gasteiger partial charge is 0.295 e. The van der Waals surface area contributed by atoms with Crippen LogP contribution >= 0.6 is 21.9 Å². The molecule has 9 heteroatoms. The second-order valence-corrected chi connectivity index (χ2v) is 11.3. The lowest BCUT2D eigenvalue weighted by Crippen LogP contribution is -2.38. The van der Waals surface area contributed by atoms with Crippen molar-refractivity contribution in [3.8, 4) is 16.5 Å². The molecule has 1 aliphatic heterocycles. The number of hydrogen-bond donors (Lipinski definition) is 2. The van der Waals surface area contributed by atoms with Crippen molar-refractivity contribution in [2.24, 2.45) is 0 Å². The first-order valence-electron chi connectivity index (χ1n) is 8.31. The van der Waals surface area contributed by atoms with E-state index in [1.54, 1.807) is 48.5 Å². The van der Waals surface area contributed by atoms with E-state index >= 15 is 0 Å². The van der Waals surface area contributed by atoms with E-state index < -0.39 is 20.6 Å². The predicted molar refractivity (Wildman–Crippen MR) is 111 cm³/mol. The molecule has 0 saturated carbocycles. The van der Waals surface area contributed by atoms with Gasteiger partial charge in [-0.15, -0.1) is 11.3 Å². The molecule has 0 saturated heterocycles. The van der Waals surface area contributed by atoms with Gasteiger partial charge in [0.25, 0.3) is 10.0 Å². The number of anilines is 1. The van der Waals surface area contributed by atoms with Crippen molar-refractivity contribution < 1.29 is 17.5 Å². The maximum absolute atomic E-state index is 13.2. The lowest BCUT2D eigenvalue weighted by atomic mass is 10.1. The molecular weight excluding hydrogens is 416 g/mol. The molecule has 28 heavy (non-hydrogen) atoms. The molecule has 3 aromatic rings. The fourth-order valence-electron chi connectivity index (χ4n) is 3.11. The SMILES string of the molecule is N#Cc1ccc(-c2ccc3c(c2)N(S(=O)(=O)c2ccccc2)CCS3(O)O)s1. The van der Waals surface area contributed by atoms with E-state index in [4.69, 9.17) is 5.26 Å². The smallest absolute Gasteiger partial charge is 0.264 e. The van der Waals surface area contributed by atoms with Gasteiger partial charge in [-0.25, -0.2) is 8.42 Å². The van der Waals surface area contributed by atoms with Gasteiger partial charge in [-0.05, 0) is 42.0 Å². The van der Waals surface area contributed by atoms with Crippen LogP contribution in [0.5, 0.6) is 0 Å². The van der Waals surface area contributed by atoms with Crippen LogP contribution in [0.15, 0.2) is 70.5 Å². The molecule has 0 amide bonds. The Morgan fingerprint density at radius 2 is 1.82 bits per heavy atom. The van der Waals surface area contributed by atoms with Gasteiger partial charge in [0, 0.05) is 4.88 Å². The summed E-state index contributed by atoms with van der Waals surface area (Å²) in [6.07, 6.45) is 0. The van der Waals surface area contributed by atoms with Crippen LogP contribution in [-0.2, 0) is 10.0 Å². The van der Waals surface area contributed by atoms with E-state index in [0.717, 1.165) is 10.4 Å². The minimum atomic E-state index is -3.85. The molecule has 2 aromatic carbocycles. The Balaban J connectivity index is 1.87. The molecule has 0 fully saturated rings. The third kappa shape index (κ3) is 3.19. The maximum Gasteiger partial charge on any atom is 0.264 e. The van der Waals surface area contributed by atoms with Gasteiger partial charge in [0.15, 0.2) is 0 Å². The summed E-state index contributed by atoms with van der Waals surface area (Å²) in [5.41, 5.74) is 0.982. The molecule has 6 nitrogen and oxygen atoms in total. The lowest BCUT2D eigenvalue weighted by Gasteiger charge is -2.42. The number of thiophene rings is 1. The first-order chi connectivity index (χ1) is 13.3. The summed E-state index contributed by atoms with van der Waals surface area (Å²) in [5, 5.41) is 9.04. The zero-order valence-corrected chi connectivity index (χ0v) is 17.0. The van der Waals surface area contributed by atoms with E-state index in [1.807, 2.05) is 0 Å². The molecule has 0 atom stereocenters. The quantitative estimate of drug-likeness (QED) is 0.629. The summed E-state index contributed by atoms with van der Waals surface area (Å²) in [6.45, 7) is -0.0239. The Kier molecular flexibility index (Phi) is 4.69. The highest BCUT2D eigenvalue weighted by atomic mass is 32.3. The van der Waals surface area contributed by atoms with Crippen LogP contribution in [0.4, 0.5) is 5.69 Å². The van der Waals surface area contributed by atoms with Crippen LogP contribution in [-0.4, -0.2) is 29.8 Å². The normalized spacial score (nSPS) is 16.8. The summed E-state index contributed by atoms with van der Waals surface area (Å²) >= 11 is 1.29. The minimum absolute atomic E-state index is 0.0239. The molecule has 0 bridgehead atoms. The van der Waals surface area contributed by atoms with Crippen LogP contribution in [0.3, 0.4) is 0 Å². The molecule has 1 aliphatic rings. The van der Waals surface area contributed by atoms with Crippen molar-refractivity contribution >= 4 is 37.6 Å². The Morgan fingerprint density at radius 3 is 2.50 bits per heavy atom. The van der Waals surface area contributed by atoms with Crippen LogP contribution < -0.4 is 4.31 Å². The van der Waals surface area contributed by atoms with E-state index in [9.17, 15) is 17.5 Å². The monoisotopic (exact) mass is 432 g/mol. The van der Waals surface area contributed by atoms with Gasteiger partial charge < -0.3 is 0 Å². The van der Waals surface area contributed by atoms with E-state index in [1.165, 1.54) is 27.8 Å².